The summed E-state index contributed by atoms with van der Waals surface area (Å²) in [5.41, 5.74) is 1.82. The predicted octanol–water partition coefficient (Wildman–Crippen LogP) is 3.43. The Kier molecular flexibility index (Phi) is 3.67. The quantitative estimate of drug-likeness (QED) is 0.860. The molecular formula is C16H25NO. The second kappa shape index (κ2) is 4.93. The topological polar surface area (TPSA) is 21.3 Å². The highest BCUT2D eigenvalue weighted by Gasteiger charge is 2.57. The number of hydrogen-bond donors (Lipinski definition) is 1. The number of hydrogen-bond acceptors (Lipinski definition) is 2. The lowest BCUT2D eigenvalue weighted by atomic mass is 10.0. The first-order chi connectivity index (χ1) is 8.46. The van der Waals surface area contributed by atoms with Gasteiger partial charge in [-0.15, -0.1) is 0 Å². The fourth-order valence-corrected chi connectivity index (χ4v) is 3.06. The maximum atomic E-state index is 5.78. The molecule has 1 aromatic rings. The average Bonchev–Trinajstić information content (AvgIpc) is 2.80. The summed E-state index contributed by atoms with van der Waals surface area (Å²) in [6.45, 7) is 9.94. The SMILES string of the molecule is CNCC1C(c2cccc(OC(C)C)c2)C1(C)C. The highest BCUT2D eigenvalue weighted by Crippen LogP contribution is 2.64. The Hall–Kier alpha value is -1.02. The lowest BCUT2D eigenvalue weighted by Gasteiger charge is -2.11. The maximum absolute atomic E-state index is 5.78. The molecule has 2 rings (SSSR count). The van der Waals surface area contributed by atoms with Gasteiger partial charge in [-0.05, 0) is 62.4 Å². The van der Waals surface area contributed by atoms with Gasteiger partial charge in [-0.2, -0.15) is 0 Å². The predicted molar refractivity (Wildman–Crippen MR) is 76.1 cm³/mol. The van der Waals surface area contributed by atoms with Crippen LogP contribution in [0.3, 0.4) is 0 Å². The van der Waals surface area contributed by atoms with Gasteiger partial charge in [-0.3, -0.25) is 0 Å². The number of ether oxygens (including phenoxy) is 1. The van der Waals surface area contributed by atoms with Crippen LogP contribution >= 0.6 is 0 Å². The fourth-order valence-electron chi connectivity index (χ4n) is 3.06. The zero-order valence-corrected chi connectivity index (χ0v) is 12.2. The summed E-state index contributed by atoms with van der Waals surface area (Å²) in [6, 6.07) is 8.60. The molecule has 0 amide bonds. The van der Waals surface area contributed by atoms with Gasteiger partial charge in [0, 0.05) is 0 Å². The Morgan fingerprint density at radius 3 is 2.67 bits per heavy atom. The van der Waals surface area contributed by atoms with Crippen LogP contribution < -0.4 is 10.1 Å². The van der Waals surface area contributed by atoms with Gasteiger partial charge in [-0.1, -0.05) is 26.0 Å². The Morgan fingerprint density at radius 2 is 2.06 bits per heavy atom. The summed E-state index contributed by atoms with van der Waals surface area (Å²) in [7, 11) is 2.03. The molecule has 0 saturated heterocycles. The normalized spacial score (nSPS) is 25.2. The van der Waals surface area contributed by atoms with Crippen molar-refractivity contribution in [3.8, 4) is 5.75 Å². The van der Waals surface area contributed by atoms with Gasteiger partial charge in [0.25, 0.3) is 0 Å². The summed E-state index contributed by atoms with van der Waals surface area (Å²) in [4.78, 5) is 0. The van der Waals surface area contributed by atoms with Gasteiger partial charge >= 0.3 is 0 Å². The molecule has 0 aliphatic heterocycles. The Balaban J connectivity index is 2.15. The standard InChI is InChI=1S/C16H25NO/c1-11(2)18-13-8-6-7-12(9-13)15-14(10-17-5)16(15,3)4/h6-9,11,14-15,17H,10H2,1-5H3. The zero-order chi connectivity index (χ0) is 13.3. The number of nitrogens with one attached hydrogen (secondary N) is 1. The average molecular weight is 247 g/mol. The van der Waals surface area contributed by atoms with Gasteiger partial charge in [0.15, 0.2) is 0 Å². The van der Waals surface area contributed by atoms with Crippen molar-refractivity contribution in [2.75, 3.05) is 13.6 Å². The third-order valence-corrected chi connectivity index (χ3v) is 4.06. The van der Waals surface area contributed by atoms with Crippen LogP contribution in [0.2, 0.25) is 0 Å². The van der Waals surface area contributed by atoms with Gasteiger partial charge in [0.2, 0.25) is 0 Å². The van der Waals surface area contributed by atoms with Gasteiger partial charge in [-0.25, -0.2) is 0 Å². The summed E-state index contributed by atoms with van der Waals surface area (Å²) in [6.07, 6.45) is 0.237. The smallest absolute Gasteiger partial charge is 0.119 e. The Bertz CT molecular complexity index is 411. The van der Waals surface area contributed by atoms with E-state index in [0.717, 1.165) is 18.2 Å². The van der Waals surface area contributed by atoms with E-state index in [1.807, 2.05) is 13.1 Å². The van der Waals surface area contributed by atoms with Crippen molar-refractivity contribution in [3.63, 3.8) is 0 Å². The largest absolute Gasteiger partial charge is 0.491 e. The third-order valence-electron chi connectivity index (χ3n) is 4.06. The van der Waals surface area contributed by atoms with Crippen LogP contribution in [0, 0.1) is 11.3 Å². The van der Waals surface area contributed by atoms with Gasteiger partial charge < -0.3 is 10.1 Å². The monoisotopic (exact) mass is 247 g/mol. The van der Waals surface area contributed by atoms with Crippen molar-refractivity contribution in [1.29, 1.82) is 0 Å². The van der Waals surface area contributed by atoms with Crippen molar-refractivity contribution in [2.45, 2.75) is 39.7 Å². The lowest BCUT2D eigenvalue weighted by Crippen LogP contribution is -2.12. The van der Waals surface area contributed by atoms with E-state index < -0.39 is 0 Å². The number of benzene rings is 1. The first-order valence-corrected chi connectivity index (χ1v) is 6.88. The number of rotatable bonds is 5. The van der Waals surface area contributed by atoms with Crippen LogP contribution in [-0.4, -0.2) is 19.7 Å². The van der Waals surface area contributed by atoms with Crippen LogP contribution in [0.1, 0.15) is 39.2 Å². The molecule has 0 bridgehead atoms. The van der Waals surface area contributed by atoms with Crippen molar-refractivity contribution in [2.24, 2.45) is 11.3 Å². The van der Waals surface area contributed by atoms with E-state index >= 15 is 0 Å². The highest BCUT2D eigenvalue weighted by atomic mass is 16.5. The Morgan fingerprint density at radius 1 is 1.33 bits per heavy atom. The second-order valence-corrected chi connectivity index (χ2v) is 6.20. The maximum Gasteiger partial charge on any atom is 0.119 e. The van der Waals surface area contributed by atoms with Crippen LogP contribution in [-0.2, 0) is 0 Å². The molecule has 1 fully saturated rings. The molecule has 1 aromatic carbocycles. The summed E-state index contributed by atoms with van der Waals surface area (Å²) in [5, 5.41) is 3.30. The van der Waals surface area contributed by atoms with Crippen LogP contribution in [0.15, 0.2) is 24.3 Å². The van der Waals surface area contributed by atoms with Crippen LogP contribution in [0.5, 0.6) is 5.75 Å². The summed E-state index contributed by atoms with van der Waals surface area (Å²) in [5.74, 6) is 2.38. The summed E-state index contributed by atoms with van der Waals surface area (Å²) >= 11 is 0. The molecule has 1 saturated carbocycles. The minimum atomic E-state index is 0.237. The van der Waals surface area contributed by atoms with E-state index in [9.17, 15) is 0 Å². The fraction of sp³-hybridized carbons (Fsp3) is 0.625. The second-order valence-electron chi connectivity index (χ2n) is 6.20. The van der Waals surface area contributed by atoms with Crippen molar-refractivity contribution >= 4 is 0 Å². The van der Waals surface area contributed by atoms with Gasteiger partial charge in [0.05, 0.1) is 6.10 Å². The van der Waals surface area contributed by atoms with Crippen LogP contribution in [0.4, 0.5) is 0 Å². The van der Waals surface area contributed by atoms with E-state index in [1.165, 1.54) is 5.56 Å². The first kappa shape index (κ1) is 13.4. The summed E-state index contributed by atoms with van der Waals surface area (Å²) < 4.78 is 5.78. The first-order valence-electron chi connectivity index (χ1n) is 6.88. The van der Waals surface area contributed by atoms with Crippen LogP contribution in [0.25, 0.3) is 0 Å². The minimum Gasteiger partial charge on any atom is -0.491 e. The molecule has 2 nitrogen and oxygen atoms in total. The van der Waals surface area contributed by atoms with Crippen molar-refractivity contribution in [1.82, 2.24) is 5.32 Å². The lowest BCUT2D eigenvalue weighted by molar-refractivity contribution is 0.242. The molecule has 0 spiro atoms. The zero-order valence-electron chi connectivity index (χ0n) is 12.2. The molecule has 0 radical (unpaired) electrons. The minimum absolute atomic E-state index is 0.237. The molecule has 2 atom stereocenters. The van der Waals surface area contributed by atoms with Gasteiger partial charge in [0.1, 0.15) is 5.75 Å². The molecule has 1 N–H and O–H groups in total. The van der Waals surface area contributed by atoms with E-state index in [0.29, 0.717) is 11.3 Å². The highest BCUT2D eigenvalue weighted by molar-refractivity contribution is 5.37. The molecule has 18 heavy (non-hydrogen) atoms. The van der Waals surface area contributed by atoms with Crippen molar-refractivity contribution < 1.29 is 4.74 Å². The molecule has 0 aromatic heterocycles. The molecule has 1 aliphatic rings. The van der Waals surface area contributed by atoms with E-state index in [1.54, 1.807) is 0 Å². The van der Waals surface area contributed by atoms with E-state index in [2.05, 4.69) is 51.2 Å². The molecule has 100 valence electrons. The molecular weight excluding hydrogens is 222 g/mol. The molecule has 0 heterocycles. The van der Waals surface area contributed by atoms with Crippen molar-refractivity contribution in [3.05, 3.63) is 29.8 Å². The Labute approximate surface area is 111 Å². The third kappa shape index (κ3) is 2.54. The van der Waals surface area contributed by atoms with E-state index in [4.69, 9.17) is 4.74 Å². The van der Waals surface area contributed by atoms with E-state index in [-0.39, 0.29) is 6.10 Å². The molecule has 1 aliphatic carbocycles. The molecule has 2 unspecified atom stereocenters. The molecule has 2 heteroatoms.